The predicted molar refractivity (Wildman–Crippen MR) is 106 cm³/mol. The van der Waals surface area contributed by atoms with E-state index in [-0.39, 0.29) is 25.0 Å². The molecule has 2 heterocycles. The van der Waals surface area contributed by atoms with E-state index in [1.54, 1.807) is 4.90 Å². The minimum Gasteiger partial charge on any atom is -0.484 e. The fourth-order valence-electron chi connectivity index (χ4n) is 3.31. The van der Waals surface area contributed by atoms with Gasteiger partial charge in [0.2, 0.25) is 5.89 Å². The van der Waals surface area contributed by atoms with E-state index in [1.807, 2.05) is 60.7 Å². The second-order valence-electron chi connectivity index (χ2n) is 6.92. The highest BCUT2D eigenvalue weighted by Gasteiger charge is 2.28. The summed E-state index contributed by atoms with van der Waals surface area (Å²) in [6, 6.07) is 18.8. The van der Waals surface area contributed by atoms with Crippen molar-refractivity contribution in [2.45, 2.75) is 25.4 Å². The molecule has 0 spiro atoms. The number of piperidine rings is 1. The summed E-state index contributed by atoms with van der Waals surface area (Å²) in [5, 5.41) is 8.26. The number of ether oxygens (including phenoxy) is 2. The van der Waals surface area contributed by atoms with Crippen LogP contribution in [0.5, 0.6) is 11.5 Å². The Morgan fingerprint density at radius 1 is 1.00 bits per heavy atom. The maximum absolute atomic E-state index is 12.5. The summed E-state index contributed by atoms with van der Waals surface area (Å²) in [4.78, 5) is 14.3. The lowest BCUT2D eigenvalue weighted by Crippen LogP contribution is -2.41. The van der Waals surface area contributed by atoms with E-state index < -0.39 is 0 Å². The van der Waals surface area contributed by atoms with Crippen LogP contribution < -0.4 is 9.47 Å². The molecule has 0 N–H and O–H groups in total. The molecule has 0 aliphatic carbocycles. The van der Waals surface area contributed by atoms with Crippen LogP contribution in [-0.4, -0.2) is 40.7 Å². The molecule has 2 aromatic carbocycles. The highest BCUT2D eigenvalue weighted by Crippen LogP contribution is 2.26. The lowest BCUT2D eigenvalue weighted by molar-refractivity contribution is -0.134. The van der Waals surface area contributed by atoms with Crippen LogP contribution in [-0.2, 0) is 11.4 Å². The summed E-state index contributed by atoms with van der Waals surface area (Å²) in [6.07, 6.45) is 1.80. The standard InChI is InChI=1S/C22H23N3O4/c26-21(16-28-19-11-5-2-6-12-19)25-13-7-8-17(14-25)22-24-23-20(29-22)15-27-18-9-3-1-4-10-18/h1-6,9-12,17H,7-8,13-16H2. The van der Waals surface area contributed by atoms with Crippen molar-refractivity contribution in [3.63, 3.8) is 0 Å². The third-order valence-electron chi connectivity index (χ3n) is 4.82. The number of aromatic nitrogens is 2. The quantitative estimate of drug-likeness (QED) is 0.612. The van der Waals surface area contributed by atoms with Crippen molar-refractivity contribution in [3.05, 3.63) is 72.4 Å². The molecule has 1 atom stereocenters. The van der Waals surface area contributed by atoms with Crippen molar-refractivity contribution < 1.29 is 18.7 Å². The number of para-hydroxylation sites is 2. The molecule has 1 aliphatic heterocycles. The molecule has 7 nitrogen and oxygen atoms in total. The number of amides is 1. The van der Waals surface area contributed by atoms with Crippen LogP contribution in [0, 0.1) is 0 Å². The van der Waals surface area contributed by atoms with Gasteiger partial charge in [-0.2, -0.15) is 0 Å². The second-order valence-corrected chi connectivity index (χ2v) is 6.92. The first-order valence-corrected chi connectivity index (χ1v) is 9.73. The minimum atomic E-state index is -0.0364. The van der Waals surface area contributed by atoms with Crippen LogP contribution in [0.15, 0.2) is 65.1 Å². The van der Waals surface area contributed by atoms with Crippen LogP contribution in [0.3, 0.4) is 0 Å². The van der Waals surface area contributed by atoms with Gasteiger partial charge in [-0.05, 0) is 37.1 Å². The van der Waals surface area contributed by atoms with Gasteiger partial charge < -0.3 is 18.8 Å². The molecule has 1 saturated heterocycles. The Morgan fingerprint density at radius 3 is 2.41 bits per heavy atom. The molecule has 0 radical (unpaired) electrons. The van der Waals surface area contributed by atoms with Crippen LogP contribution in [0.25, 0.3) is 0 Å². The summed E-state index contributed by atoms with van der Waals surface area (Å²) in [5.41, 5.74) is 0. The van der Waals surface area contributed by atoms with Crippen molar-refractivity contribution in [1.29, 1.82) is 0 Å². The summed E-state index contributed by atoms with van der Waals surface area (Å²) in [5.74, 6) is 2.42. The fourth-order valence-corrected chi connectivity index (χ4v) is 3.31. The van der Waals surface area contributed by atoms with Crippen molar-refractivity contribution in [1.82, 2.24) is 15.1 Å². The lowest BCUT2D eigenvalue weighted by atomic mass is 9.98. The van der Waals surface area contributed by atoms with Gasteiger partial charge in [0.05, 0.1) is 5.92 Å². The molecule has 1 aliphatic rings. The predicted octanol–water partition coefficient (Wildman–Crippen LogP) is 3.43. The molecule has 150 valence electrons. The summed E-state index contributed by atoms with van der Waals surface area (Å²) < 4.78 is 17.0. The summed E-state index contributed by atoms with van der Waals surface area (Å²) >= 11 is 0. The molecule has 3 aromatic rings. The molecule has 1 unspecified atom stereocenters. The molecule has 29 heavy (non-hydrogen) atoms. The summed E-state index contributed by atoms with van der Waals surface area (Å²) in [6.45, 7) is 1.51. The van der Waals surface area contributed by atoms with E-state index in [4.69, 9.17) is 13.9 Å². The molecule has 0 saturated carbocycles. The molecular weight excluding hydrogens is 370 g/mol. The Morgan fingerprint density at radius 2 is 1.69 bits per heavy atom. The highest BCUT2D eigenvalue weighted by atomic mass is 16.5. The number of likely N-dealkylation sites (tertiary alicyclic amines) is 1. The Hall–Kier alpha value is -3.35. The maximum Gasteiger partial charge on any atom is 0.260 e. The van der Waals surface area contributed by atoms with Gasteiger partial charge >= 0.3 is 0 Å². The molecule has 1 amide bonds. The van der Waals surface area contributed by atoms with Crippen molar-refractivity contribution in [3.8, 4) is 11.5 Å². The van der Waals surface area contributed by atoms with E-state index in [0.717, 1.165) is 18.6 Å². The van der Waals surface area contributed by atoms with E-state index in [2.05, 4.69) is 10.2 Å². The number of hydrogen-bond donors (Lipinski definition) is 0. The molecular formula is C22H23N3O4. The SMILES string of the molecule is O=C(COc1ccccc1)N1CCCC(c2nnc(COc3ccccc3)o2)C1. The Kier molecular flexibility index (Phi) is 6.04. The smallest absolute Gasteiger partial charge is 0.260 e. The maximum atomic E-state index is 12.5. The van der Waals surface area contributed by atoms with Crippen LogP contribution >= 0.6 is 0 Å². The van der Waals surface area contributed by atoms with E-state index in [1.165, 1.54) is 0 Å². The zero-order valence-electron chi connectivity index (χ0n) is 16.1. The van der Waals surface area contributed by atoms with Crippen molar-refractivity contribution >= 4 is 5.91 Å². The Bertz CT molecular complexity index is 914. The van der Waals surface area contributed by atoms with Gasteiger partial charge in [-0.3, -0.25) is 4.79 Å². The molecule has 1 fully saturated rings. The number of carbonyl (C=O) groups excluding carboxylic acids is 1. The van der Waals surface area contributed by atoms with Gasteiger partial charge in [-0.25, -0.2) is 0 Å². The second kappa shape index (κ2) is 9.23. The Labute approximate surface area is 169 Å². The van der Waals surface area contributed by atoms with Gasteiger partial charge in [-0.1, -0.05) is 36.4 Å². The number of benzene rings is 2. The topological polar surface area (TPSA) is 77.7 Å². The lowest BCUT2D eigenvalue weighted by Gasteiger charge is -2.31. The zero-order chi connectivity index (χ0) is 19.9. The fraction of sp³-hybridized carbons (Fsp3) is 0.318. The first-order valence-electron chi connectivity index (χ1n) is 9.73. The number of nitrogens with zero attached hydrogens (tertiary/aromatic N) is 3. The largest absolute Gasteiger partial charge is 0.484 e. The molecule has 1 aromatic heterocycles. The molecule has 0 bridgehead atoms. The summed E-state index contributed by atoms with van der Waals surface area (Å²) in [7, 11) is 0. The Balaban J connectivity index is 1.30. The zero-order valence-corrected chi connectivity index (χ0v) is 16.1. The van der Waals surface area contributed by atoms with Gasteiger partial charge in [0.25, 0.3) is 11.8 Å². The number of hydrogen-bond acceptors (Lipinski definition) is 6. The third kappa shape index (κ3) is 5.13. The van der Waals surface area contributed by atoms with Crippen LogP contribution in [0.4, 0.5) is 0 Å². The van der Waals surface area contributed by atoms with Crippen LogP contribution in [0.1, 0.15) is 30.5 Å². The van der Waals surface area contributed by atoms with E-state index in [0.29, 0.717) is 30.6 Å². The minimum absolute atomic E-state index is 0.0245. The van der Waals surface area contributed by atoms with Gasteiger partial charge in [0, 0.05) is 13.1 Å². The monoisotopic (exact) mass is 393 g/mol. The van der Waals surface area contributed by atoms with Gasteiger partial charge in [0.1, 0.15) is 11.5 Å². The first-order chi connectivity index (χ1) is 14.3. The van der Waals surface area contributed by atoms with Crippen molar-refractivity contribution in [2.75, 3.05) is 19.7 Å². The number of rotatable bonds is 7. The van der Waals surface area contributed by atoms with Gasteiger partial charge in [0.15, 0.2) is 13.2 Å². The third-order valence-corrected chi connectivity index (χ3v) is 4.82. The van der Waals surface area contributed by atoms with Crippen LogP contribution in [0.2, 0.25) is 0 Å². The van der Waals surface area contributed by atoms with E-state index >= 15 is 0 Å². The molecule has 7 heteroatoms. The average Bonchev–Trinajstić information content (AvgIpc) is 3.27. The first kappa shape index (κ1) is 19.0. The normalized spacial score (nSPS) is 16.4. The van der Waals surface area contributed by atoms with Crippen molar-refractivity contribution in [2.24, 2.45) is 0 Å². The van der Waals surface area contributed by atoms with E-state index in [9.17, 15) is 4.79 Å². The average molecular weight is 393 g/mol. The molecule has 4 rings (SSSR count). The number of carbonyl (C=O) groups is 1. The highest BCUT2D eigenvalue weighted by molar-refractivity contribution is 5.78. The van der Waals surface area contributed by atoms with Gasteiger partial charge in [-0.15, -0.1) is 10.2 Å².